The van der Waals surface area contributed by atoms with E-state index in [1.807, 2.05) is 54.5 Å². The number of hydrogen-bond donors (Lipinski definition) is 1. The van der Waals surface area contributed by atoms with Gasteiger partial charge < -0.3 is 28.9 Å². The number of carbonyl (C=O) groups excluding carboxylic acids is 2. The number of aromatic nitrogens is 2. The van der Waals surface area contributed by atoms with Gasteiger partial charge in [-0.05, 0) is 65.0 Å². The molecule has 1 N–H and O–H groups in total. The summed E-state index contributed by atoms with van der Waals surface area (Å²) in [6.07, 6.45) is 1.30. The van der Waals surface area contributed by atoms with E-state index in [2.05, 4.69) is 13.8 Å². The minimum atomic E-state index is -0.633. The van der Waals surface area contributed by atoms with Gasteiger partial charge in [0.15, 0.2) is 5.82 Å². The lowest BCUT2D eigenvalue weighted by Gasteiger charge is -2.44. The molecule has 1 fully saturated rings. The summed E-state index contributed by atoms with van der Waals surface area (Å²) >= 11 is 0. The number of piperidine rings is 1. The number of fused-ring (bicyclic) bond motifs is 1. The maximum Gasteiger partial charge on any atom is 0.410 e. The second-order valence-electron chi connectivity index (χ2n) is 11.9. The lowest BCUT2D eigenvalue weighted by molar-refractivity contribution is -0.0151. The van der Waals surface area contributed by atoms with Crippen LogP contribution in [0.15, 0.2) is 24.3 Å². The van der Waals surface area contributed by atoms with E-state index in [0.717, 1.165) is 23.9 Å². The molecule has 2 aromatic rings. The first-order chi connectivity index (χ1) is 17.9. The van der Waals surface area contributed by atoms with Crippen molar-refractivity contribution in [2.45, 2.75) is 85.1 Å². The number of aryl methyl sites for hydroxylation is 1. The summed E-state index contributed by atoms with van der Waals surface area (Å²) in [4.78, 5) is 35.6. The summed E-state index contributed by atoms with van der Waals surface area (Å²) in [6.45, 7) is 14.0. The van der Waals surface area contributed by atoms with Gasteiger partial charge >= 0.3 is 6.09 Å². The highest BCUT2D eigenvalue weighted by molar-refractivity contribution is 5.95. The number of hydrogen-bond acceptors (Lipinski definition) is 6. The lowest BCUT2D eigenvalue weighted by atomic mass is 9.89. The van der Waals surface area contributed by atoms with Crippen LogP contribution < -0.4 is 0 Å². The number of benzene rings is 1. The number of imidazole rings is 1. The Bertz CT molecular complexity index is 1070. The smallest absolute Gasteiger partial charge is 0.410 e. The highest BCUT2D eigenvalue weighted by Crippen LogP contribution is 2.28. The first kappa shape index (κ1) is 29.9. The van der Waals surface area contributed by atoms with Crippen LogP contribution in [0, 0.1) is 11.8 Å². The summed E-state index contributed by atoms with van der Waals surface area (Å²) in [5.41, 5.74) is 1.08. The van der Waals surface area contributed by atoms with Crippen LogP contribution in [0.2, 0.25) is 0 Å². The van der Waals surface area contributed by atoms with Gasteiger partial charge in [-0.2, -0.15) is 0 Å². The molecule has 2 amide bonds. The monoisotopic (exact) mass is 530 g/mol. The number of rotatable bonds is 10. The minimum absolute atomic E-state index is 0.151. The summed E-state index contributed by atoms with van der Waals surface area (Å²) in [5, 5.41) is 10.5. The van der Waals surface area contributed by atoms with Crippen LogP contribution in [0.5, 0.6) is 0 Å². The maximum atomic E-state index is 14.3. The zero-order valence-electron chi connectivity index (χ0n) is 24.1. The number of nitrogens with zero attached hydrogens (tertiary/aromatic N) is 4. The van der Waals surface area contributed by atoms with E-state index >= 15 is 0 Å². The number of carbonyl (C=O) groups is 2. The van der Waals surface area contributed by atoms with E-state index < -0.39 is 17.8 Å². The normalized spacial score (nSPS) is 19.1. The Morgan fingerprint density at radius 3 is 2.50 bits per heavy atom. The highest BCUT2D eigenvalue weighted by atomic mass is 16.6. The summed E-state index contributed by atoms with van der Waals surface area (Å²) in [6, 6.07) is 7.54. The first-order valence-corrected chi connectivity index (χ1v) is 13.8. The highest BCUT2D eigenvalue weighted by Gasteiger charge is 2.39. The van der Waals surface area contributed by atoms with E-state index in [0.29, 0.717) is 45.0 Å². The third-order valence-corrected chi connectivity index (χ3v) is 6.88. The molecule has 1 unspecified atom stereocenters. The molecule has 1 aliphatic rings. The number of methoxy groups -OCH3 is 1. The SMILES string of the molecule is COCCCCn1c(C(=O)N(CC(C)C)[C@H]2C[C@@H](C(C)O)CN(C(=O)OC(C)(C)C)C2)nc2ccccc21. The molecule has 1 aliphatic heterocycles. The number of para-hydroxylation sites is 2. The third-order valence-electron chi connectivity index (χ3n) is 6.88. The second kappa shape index (κ2) is 12.9. The van der Waals surface area contributed by atoms with E-state index in [9.17, 15) is 14.7 Å². The van der Waals surface area contributed by atoms with E-state index in [4.69, 9.17) is 14.5 Å². The summed E-state index contributed by atoms with van der Waals surface area (Å²) in [7, 11) is 1.69. The van der Waals surface area contributed by atoms with E-state index in [1.54, 1.807) is 18.9 Å². The van der Waals surface area contributed by atoms with Crippen molar-refractivity contribution >= 4 is 23.0 Å². The van der Waals surface area contributed by atoms with Gasteiger partial charge in [0.05, 0.1) is 23.2 Å². The third kappa shape index (κ3) is 7.69. The molecule has 0 spiro atoms. The summed E-state index contributed by atoms with van der Waals surface area (Å²) < 4.78 is 12.9. The maximum absolute atomic E-state index is 14.3. The second-order valence-corrected chi connectivity index (χ2v) is 11.9. The number of amides is 2. The van der Waals surface area contributed by atoms with Crippen LogP contribution >= 0.6 is 0 Å². The molecule has 1 aromatic heterocycles. The van der Waals surface area contributed by atoms with Crippen LogP contribution in [-0.4, -0.2) is 87.6 Å². The van der Waals surface area contributed by atoms with Gasteiger partial charge in [0.1, 0.15) is 5.60 Å². The average molecular weight is 531 g/mol. The Morgan fingerprint density at radius 2 is 1.87 bits per heavy atom. The number of unbranched alkanes of at least 4 members (excludes halogenated alkanes) is 1. The molecule has 9 heteroatoms. The van der Waals surface area contributed by atoms with Crippen LogP contribution in [0.25, 0.3) is 11.0 Å². The average Bonchev–Trinajstić information content (AvgIpc) is 3.22. The molecular weight excluding hydrogens is 484 g/mol. The van der Waals surface area contributed by atoms with Crippen LogP contribution in [-0.2, 0) is 16.0 Å². The van der Waals surface area contributed by atoms with Crippen molar-refractivity contribution in [1.29, 1.82) is 0 Å². The predicted octanol–water partition coefficient (Wildman–Crippen LogP) is 4.57. The molecule has 0 bridgehead atoms. The zero-order chi connectivity index (χ0) is 28.0. The molecule has 9 nitrogen and oxygen atoms in total. The Labute approximate surface area is 227 Å². The molecule has 0 saturated carbocycles. The molecule has 3 atom stereocenters. The van der Waals surface area contributed by atoms with Crippen molar-refractivity contribution in [1.82, 2.24) is 19.4 Å². The molecule has 38 heavy (non-hydrogen) atoms. The molecule has 3 rings (SSSR count). The Morgan fingerprint density at radius 1 is 1.16 bits per heavy atom. The molecule has 1 aromatic carbocycles. The van der Waals surface area contributed by atoms with Gasteiger partial charge in [-0.1, -0.05) is 26.0 Å². The number of ether oxygens (including phenoxy) is 2. The molecule has 0 radical (unpaired) electrons. The van der Waals surface area contributed by atoms with Gasteiger partial charge in [0.2, 0.25) is 0 Å². The van der Waals surface area contributed by atoms with E-state index in [-0.39, 0.29) is 23.8 Å². The van der Waals surface area contributed by atoms with Gasteiger partial charge in [-0.3, -0.25) is 4.79 Å². The van der Waals surface area contributed by atoms with Crippen molar-refractivity contribution in [3.8, 4) is 0 Å². The number of likely N-dealkylation sites (tertiary alicyclic amines) is 1. The van der Waals surface area contributed by atoms with Gasteiger partial charge in [-0.15, -0.1) is 0 Å². The fourth-order valence-corrected chi connectivity index (χ4v) is 5.06. The Kier molecular flexibility index (Phi) is 10.2. The minimum Gasteiger partial charge on any atom is -0.444 e. The molecule has 2 heterocycles. The van der Waals surface area contributed by atoms with Gasteiger partial charge in [0, 0.05) is 45.8 Å². The molecule has 1 saturated heterocycles. The fraction of sp³-hybridized carbons (Fsp3) is 0.690. The zero-order valence-corrected chi connectivity index (χ0v) is 24.1. The van der Waals surface area contributed by atoms with Gasteiger partial charge in [0.25, 0.3) is 5.91 Å². The lowest BCUT2D eigenvalue weighted by Crippen LogP contribution is -2.57. The quantitative estimate of drug-likeness (QED) is 0.452. The van der Waals surface area contributed by atoms with Crippen molar-refractivity contribution in [2.75, 3.05) is 33.4 Å². The van der Waals surface area contributed by atoms with Crippen LogP contribution in [0.1, 0.15) is 71.4 Å². The predicted molar refractivity (Wildman–Crippen MR) is 148 cm³/mol. The summed E-state index contributed by atoms with van der Waals surface area (Å²) in [5.74, 6) is 0.297. The largest absolute Gasteiger partial charge is 0.444 e. The number of aliphatic hydroxyl groups is 1. The van der Waals surface area contributed by atoms with E-state index in [1.165, 1.54) is 0 Å². The van der Waals surface area contributed by atoms with Crippen molar-refractivity contribution in [3.05, 3.63) is 30.1 Å². The molecular formula is C29H46N4O5. The van der Waals surface area contributed by atoms with Crippen molar-refractivity contribution in [2.24, 2.45) is 11.8 Å². The Hall–Kier alpha value is -2.65. The topological polar surface area (TPSA) is 97.1 Å². The number of aliphatic hydroxyl groups excluding tert-OH is 1. The van der Waals surface area contributed by atoms with Gasteiger partial charge in [-0.25, -0.2) is 9.78 Å². The Balaban J connectivity index is 1.96. The van der Waals surface area contributed by atoms with Crippen molar-refractivity contribution < 1.29 is 24.2 Å². The van der Waals surface area contributed by atoms with Crippen LogP contribution in [0.3, 0.4) is 0 Å². The van der Waals surface area contributed by atoms with Crippen molar-refractivity contribution in [3.63, 3.8) is 0 Å². The molecule has 0 aliphatic carbocycles. The van der Waals surface area contributed by atoms with Crippen LogP contribution in [0.4, 0.5) is 4.79 Å². The fourth-order valence-electron chi connectivity index (χ4n) is 5.06. The standard InChI is InChI=1S/C29H46N4O5/c1-20(2)17-33(23-16-22(21(3)34)18-31(19-23)28(36)38-29(4,5)6)27(35)26-30-24-12-8-9-13-25(24)32(26)14-10-11-15-37-7/h8-9,12-13,20-23,34H,10-11,14-19H2,1-7H3/t21?,22-,23+/m1/s1. The molecule has 212 valence electrons. The first-order valence-electron chi connectivity index (χ1n) is 13.8.